The summed E-state index contributed by atoms with van der Waals surface area (Å²) < 4.78 is 5.65. The first kappa shape index (κ1) is 12.0. The van der Waals surface area contributed by atoms with Gasteiger partial charge in [0.15, 0.2) is 0 Å². The van der Waals surface area contributed by atoms with Crippen molar-refractivity contribution in [2.75, 3.05) is 6.61 Å². The summed E-state index contributed by atoms with van der Waals surface area (Å²) >= 11 is 0. The summed E-state index contributed by atoms with van der Waals surface area (Å²) in [7, 11) is 0. The number of hydrogen-bond acceptors (Lipinski definition) is 2. The molecule has 2 N–H and O–H groups in total. The van der Waals surface area contributed by atoms with E-state index in [0.29, 0.717) is 5.92 Å². The maximum absolute atomic E-state index is 6.28. The molecule has 2 atom stereocenters. The molecule has 2 heteroatoms. The van der Waals surface area contributed by atoms with E-state index in [0.717, 1.165) is 31.6 Å². The third-order valence-electron chi connectivity index (χ3n) is 3.30. The van der Waals surface area contributed by atoms with Crippen molar-refractivity contribution in [2.24, 2.45) is 5.73 Å². The van der Waals surface area contributed by atoms with Gasteiger partial charge in [0.2, 0.25) is 0 Å². The number of rotatable bonds is 3. The van der Waals surface area contributed by atoms with Crippen LogP contribution in [0.3, 0.4) is 0 Å². The Morgan fingerprint density at radius 2 is 2.29 bits per heavy atom. The van der Waals surface area contributed by atoms with Gasteiger partial charge >= 0.3 is 0 Å². The van der Waals surface area contributed by atoms with Crippen LogP contribution in [-0.4, -0.2) is 12.6 Å². The van der Waals surface area contributed by atoms with Crippen LogP contribution in [-0.2, 0) is 0 Å². The second-order valence-electron chi connectivity index (χ2n) is 4.41. The SMILES string of the molecule is CC#CCCC(N)C1CCOc2ccccc21. The maximum atomic E-state index is 6.28. The highest BCUT2D eigenvalue weighted by Crippen LogP contribution is 2.35. The lowest BCUT2D eigenvalue weighted by molar-refractivity contribution is 0.253. The van der Waals surface area contributed by atoms with Crippen molar-refractivity contribution in [2.45, 2.75) is 38.1 Å². The molecule has 0 aliphatic carbocycles. The van der Waals surface area contributed by atoms with E-state index in [1.165, 1.54) is 5.56 Å². The zero-order chi connectivity index (χ0) is 12.1. The smallest absolute Gasteiger partial charge is 0.122 e. The molecule has 0 bridgehead atoms. The highest BCUT2D eigenvalue weighted by Gasteiger charge is 2.25. The molecule has 1 aliphatic rings. The molecule has 2 rings (SSSR count). The van der Waals surface area contributed by atoms with E-state index in [1.807, 2.05) is 19.1 Å². The van der Waals surface area contributed by atoms with Crippen LogP contribution in [0.4, 0.5) is 0 Å². The summed E-state index contributed by atoms with van der Waals surface area (Å²) in [6.07, 6.45) is 2.86. The number of para-hydroxylation sites is 1. The molecule has 0 aromatic heterocycles. The Bertz CT molecular complexity index is 430. The second-order valence-corrected chi connectivity index (χ2v) is 4.41. The fourth-order valence-corrected chi connectivity index (χ4v) is 2.38. The van der Waals surface area contributed by atoms with E-state index in [4.69, 9.17) is 10.5 Å². The Kier molecular flexibility index (Phi) is 4.06. The van der Waals surface area contributed by atoms with E-state index in [9.17, 15) is 0 Å². The summed E-state index contributed by atoms with van der Waals surface area (Å²) in [5, 5.41) is 0. The summed E-state index contributed by atoms with van der Waals surface area (Å²) in [6.45, 7) is 2.64. The largest absolute Gasteiger partial charge is 0.493 e. The Balaban J connectivity index is 2.08. The highest BCUT2D eigenvalue weighted by atomic mass is 16.5. The molecule has 1 heterocycles. The average Bonchev–Trinajstić information content (AvgIpc) is 2.38. The molecule has 2 unspecified atom stereocenters. The number of nitrogens with two attached hydrogens (primary N) is 1. The molecule has 0 fully saturated rings. The first-order valence-electron chi connectivity index (χ1n) is 6.20. The normalized spacial score (nSPS) is 19.5. The van der Waals surface area contributed by atoms with Gasteiger partial charge in [-0.2, -0.15) is 0 Å². The fraction of sp³-hybridized carbons (Fsp3) is 0.467. The Labute approximate surface area is 103 Å². The van der Waals surface area contributed by atoms with E-state index >= 15 is 0 Å². The number of ether oxygens (including phenoxy) is 1. The van der Waals surface area contributed by atoms with Crippen molar-refractivity contribution in [3.8, 4) is 17.6 Å². The average molecular weight is 229 g/mol. The lowest BCUT2D eigenvalue weighted by Crippen LogP contribution is -2.32. The molecule has 17 heavy (non-hydrogen) atoms. The molecule has 1 aliphatic heterocycles. The minimum Gasteiger partial charge on any atom is -0.493 e. The van der Waals surface area contributed by atoms with Crippen LogP contribution in [0.1, 0.15) is 37.7 Å². The third kappa shape index (κ3) is 2.81. The highest BCUT2D eigenvalue weighted by molar-refractivity contribution is 5.38. The third-order valence-corrected chi connectivity index (χ3v) is 3.30. The molecule has 2 nitrogen and oxygen atoms in total. The lowest BCUT2D eigenvalue weighted by atomic mass is 9.85. The topological polar surface area (TPSA) is 35.2 Å². The molecule has 0 saturated heterocycles. The van der Waals surface area contributed by atoms with Gasteiger partial charge in [-0.3, -0.25) is 0 Å². The second kappa shape index (κ2) is 5.75. The molecule has 0 spiro atoms. The molecule has 0 saturated carbocycles. The van der Waals surface area contributed by atoms with Crippen molar-refractivity contribution in [1.82, 2.24) is 0 Å². The standard InChI is InChI=1S/C15H19NO/c1-2-3-4-8-14(16)12-10-11-17-15-9-6-5-7-13(12)15/h5-7,9,12,14H,4,8,10-11,16H2,1H3. The molecule has 90 valence electrons. The van der Waals surface area contributed by atoms with Crippen LogP contribution in [0.15, 0.2) is 24.3 Å². The molecular formula is C15H19NO. The van der Waals surface area contributed by atoms with Crippen LogP contribution in [0, 0.1) is 11.8 Å². The Morgan fingerprint density at radius 3 is 3.12 bits per heavy atom. The minimum absolute atomic E-state index is 0.181. The predicted molar refractivity (Wildman–Crippen MR) is 70.0 cm³/mol. The summed E-state index contributed by atoms with van der Waals surface area (Å²) in [4.78, 5) is 0. The van der Waals surface area contributed by atoms with Gasteiger partial charge in [-0.1, -0.05) is 18.2 Å². The first-order valence-corrected chi connectivity index (χ1v) is 6.20. The number of hydrogen-bond donors (Lipinski definition) is 1. The van der Waals surface area contributed by atoms with Crippen molar-refractivity contribution < 1.29 is 4.74 Å². The van der Waals surface area contributed by atoms with Crippen molar-refractivity contribution in [3.63, 3.8) is 0 Å². The van der Waals surface area contributed by atoms with Crippen LogP contribution >= 0.6 is 0 Å². The number of benzene rings is 1. The minimum atomic E-state index is 0.181. The van der Waals surface area contributed by atoms with Gasteiger partial charge in [0, 0.05) is 18.4 Å². The first-order chi connectivity index (χ1) is 8.33. The van der Waals surface area contributed by atoms with Crippen molar-refractivity contribution >= 4 is 0 Å². The van der Waals surface area contributed by atoms with Gasteiger partial charge < -0.3 is 10.5 Å². The van der Waals surface area contributed by atoms with Gasteiger partial charge in [0.25, 0.3) is 0 Å². The summed E-state index contributed by atoms with van der Waals surface area (Å²) in [6, 6.07) is 8.40. The van der Waals surface area contributed by atoms with Crippen LogP contribution < -0.4 is 10.5 Å². The van der Waals surface area contributed by atoms with E-state index in [1.54, 1.807) is 0 Å². The van der Waals surface area contributed by atoms with Crippen LogP contribution in [0.5, 0.6) is 5.75 Å². The van der Waals surface area contributed by atoms with Crippen LogP contribution in [0.25, 0.3) is 0 Å². The van der Waals surface area contributed by atoms with Gasteiger partial charge in [0.05, 0.1) is 6.61 Å². The Morgan fingerprint density at radius 1 is 1.47 bits per heavy atom. The molecule has 1 aromatic carbocycles. The molecule has 1 aromatic rings. The van der Waals surface area contributed by atoms with Gasteiger partial charge in [-0.25, -0.2) is 0 Å². The monoisotopic (exact) mass is 229 g/mol. The van der Waals surface area contributed by atoms with Crippen molar-refractivity contribution in [1.29, 1.82) is 0 Å². The van der Waals surface area contributed by atoms with E-state index in [2.05, 4.69) is 24.0 Å². The number of fused-ring (bicyclic) bond motifs is 1. The zero-order valence-corrected chi connectivity index (χ0v) is 10.3. The van der Waals surface area contributed by atoms with Gasteiger partial charge in [0.1, 0.15) is 5.75 Å². The van der Waals surface area contributed by atoms with Gasteiger partial charge in [-0.05, 0) is 31.4 Å². The maximum Gasteiger partial charge on any atom is 0.122 e. The van der Waals surface area contributed by atoms with E-state index in [-0.39, 0.29) is 6.04 Å². The van der Waals surface area contributed by atoms with Gasteiger partial charge in [-0.15, -0.1) is 11.8 Å². The van der Waals surface area contributed by atoms with Crippen molar-refractivity contribution in [3.05, 3.63) is 29.8 Å². The Hall–Kier alpha value is -1.46. The predicted octanol–water partition coefficient (Wildman–Crippen LogP) is 2.68. The quantitative estimate of drug-likeness (QED) is 0.809. The molecule has 0 amide bonds. The van der Waals surface area contributed by atoms with E-state index < -0.39 is 0 Å². The molecular weight excluding hydrogens is 210 g/mol. The summed E-state index contributed by atoms with van der Waals surface area (Å²) in [5.41, 5.74) is 7.54. The fourth-order valence-electron chi connectivity index (χ4n) is 2.38. The lowest BCUT2D eigenvalue weighted by Gasteiger charge is -2.30. The summed E-state index contributed by atoms with van der Waals surface area (Å²) in [5.74, 6) is 7.41. The van der Waals surface area contributed by atoms with Crippen LogP contribution in [0.2, 0.25) is 0 Å². The zero-order valence-electron chi connectivity index (χ0n) is 10.3. The molecule has 0 radical (unpaired) electrons.